The topological polar surface area (TPSA) is 40.9 Å². The Morgan fingerprint density at radius 3 is 2.74 bits per heavy atom. The van der Waals surface area contributed by atoms with Crippen molar-refractivity contribution in [2.24, 2.45) is 0 Å². The average molecular weight is 395 g/mol. The van der Waals surface area contributed by atoms with Gasteiger partial charge in [-0.25, -0.2) is 9.52 Å². The van der Waals surface area contributed by atoms with Gasteiger partial charge in [-0.1, -0.05) is 23.7 Å². The molecule has 5 nitrogen and oxygen atoms in total. The summed E-state index contributed by atoms with van der Waals surface area (Å²) in [5.41, 5.74) is 0.590. The van der Waals surface area contributed by atoms with Crippen LogP contribution in [0.2, 0.25) is 5.02 Å². The average Bonchev–Trinajstić information content (AvgIpc) is 3.03. The Bertz CT molecular complexity index is 1050. The Kier molecular flexibility index (Phi) is 4.03. The van der Waals surface area contributed by atoms with Crippen LogP contribution in [-0.2, 0) is 12.6 Å². The van der Waals surface area contributed by atoms with Crippen molar-refractivity contribution in [1.29, 1.82) is 0 Å². The first-order chi connectivity index (χ1) is 12.8. The molecule has 3 heterocycles. The molecule has 0 fully saturated rings. The van der Waals surface area contributed by atoms with Gasteiger partial charge in [-0.05, 0) is 36.2 Å². The second-order valence-corrected chi connectivity index (χ2v) is 6.70. The number of halogens is 4. The van der Waals surface area contributed by atoms with Crippen LogP contribution in [-0.4, -0.2) is 34.1 Å². The lowest BCUT2D eigenvalue weighted by atomic mass is 10.0. The largest absolute Gasteiger partial charge is 0.418 e. The summed E-state index contributed by atoms with van der Waals surface area (Å²) < 4.78 is 41.7. The summed E-state index contributed by atoms with van der Waals surface area (Å²) in [5, 5.41) is 7.21. The van der Waals surface area contributed by atoms with Crippen LogP contribution in [0.25, 0.3) is 5.52 Å². The number of carbonyl (C=O) groups is 1. The molecular weight excluding hydrogens is 381 g/mol. The van der Waals surface area contributed by atoms with E-state index in [0.29, 0.717) is 22.5 Å². The van der Waals surface area contributed by atoms with E-state index >= 15 is 0 Å². The van der Waals surface area contributed by atoms with Gasteiger partial charge in [0.1, 0.15) is 0 Å². The lowest BCUT2D eigenvalue weighted by Crippen LogP contribution is -2.49. The Morgan fingerprint density at radius 1 is 1.22 bits per heavy atom. The van der Waals surface area contributed by atoms with Crippen LogP contribution in [0.5, 0.6) is 0 Å². The molecule has 2 aromatic heterocycles. The quantitative estimate of drug-likeness (QED) is 0.625. The molecule has 1 amide bonds. The second-order valence-electron chi connectivity index (χ2n) is 6.26. The van der Waals surface area contributed by atoms with Crippen LogP contribution >= 0.6 is 11.6 Å². The zero-order valence-electron chi connectivity index (χ0n) is 14.2. The summed E-state index contributed by atoms with van der Waals surface area (Å²) in [6, 6.07) is 9.03. The van der Waals surface area contributed by atoms with Crippen LogP contribution in [0, 0.1) is 0 Å². The fourth-order valence-corrected chi connectivity index (χ4v) is 3.49. The maximum atomic E-state index is 13.4. The summed E-state index contributed by atoms with van der Waals surface area (Å²) in [6.07, 6.45) is -2.62. The Balaban J connectivity index is 1.72. The third-order valence-electron chi connectivity index (χ3n) is 4.58. The van der Waals surface area contributed by atoms with Crippen LogP contribution in [0.3, 0.4) is 0 Å². The van der Waals surface area contributed by atoms with E-state index < -0.39 is 17.6 Å². The molecule has 1 aromatic carbocycles. The molecule has 1 aliphatic rings. The number of benzene rings is 1. The number of fused-ring (bicyclic) bond motifs is 2. The highest BCUT2D eigenvalue weighted by Gasteiger charge is 2.39. The van der Waals surface area contributed by atoms with E-state index in [-0.39, 0.29) is 17.9 Å². The predicted molar refractivity (Wildman–Crippen MR) is 94.8 cm³/mol. The molecule has 0 aliphatic carbocycles. The molecule has 140 valence electrons. The monoisotopic (exact) mass is 394 g/mol. The SMILES string of the molecule is CN1c2c(cccc2C(F)(F)F)CCN1C(=O)c1cc2ccc(Cl)cn2n1. The van der Waals surface area contributed by atoms with E-state index in [1.54, 1.807) is 30.5 Å². The van der Waals surface area contributed by atoms with Gasteiger partial charge in [0.05, 0.1) is 21.8 Å². The Labute approximate surface area is 157 Å². The molecule has 0 spiro atoms. The summed E-state index contributed by atoms with van der Waals surface area (Å²) in [6.45, 7) is 0.262. The number of para-hydroxylation sites is 1. The van der Waals surface area contributed by atoms with E-state index in [4.69, 9.17) is 11.6 Å². The van der Waals surface area contributed by atoms with Crippen molar-refractivity contribution in [2.75, 3.05) is 18.6 Å². The summed E-state index contributed by atoms with van der Waals surface area (Å²) >= 11 is 5.92. The standard InChI is InChI=1S/C18H14ClF3N4O/c1-24-16-11(3-2-4-14(16)18(20,21)22)7-8-26(24)17(27)15-9-13-6-5-12(19)10-25(13)23-15/h2-6,9-10H,7-8H2,1H3. The first-order valence-electron chi connectivity index (χ1n) is 8.15. The molecule has 27 heavy (non-hydrogen) atoms. The van der Waals surface area contributed by atoms with Gasteiger partial charge in [0.2, 0.25) is 0 Å². The molecule has 0 atom stereocenters. The number of aromatic nitrogens is 2. The van der Waals surface area contributed by atoms with Crippen molar-refractivity contribution in [1.82, 2.24) is 14.6 Å². The van der Waals surface area contributed by atoms with Crippen molar-refractivity contribution < 1.29 is 18.0 Å². The second kappa shape index (κ2) is 6.16. The minimum absolute atomic E-state index is 0.00333. The lowest BCUT2D eigenvalue weighted by Gasteiger charge is -2.39. The molecule has 1 aliphatic heterocycles. The molecule has 9 heteroatoms. The number of carbonyl (C=O) groups excluding carboxylic acids is 1. The highest BCUT2D eigenvalue weighted by molar-refractivity contribution is 6.30. The molecule has 0 saturated heterocycles. The number of amides is 1. The molecule has 0 unspecified atom stereocenters. The normalized spacial score (nSPS) is 14.6. The van der Waals surface area contributed by atoms with Gasteiger partial charge in [-0.2, -0.15) is 18.3 Å². The van der Waals surface area contributed by atoms with Crippen molar-refractivity contribution in [3.05, 3.63) is 64.4 Å². The fraction of sp³-hybridized carbons (Fsp3) is 0.222. The number of anilines is 1. The van der Waals surface area contributed by atoms with Gasteiger partial charge in [0, 0.05) is 19.8 Å². The summed E-state index contributed by atoms with van der Waals surface area (Å²) in [7, 11) is 1.46. The number of hydrazine groups is 1. The van der Waals surface area contributed by atoms with Gasteiger partial charge >= 0.3 is 6.18 Å². The fourth-order valence-electron chi connectivity index (χ4n) is 3.34. The molecule has 0 radical (unpaired) electrons. The number of rotatable bonds is 1. The van der Waals surface area contributed by atoms with E-state index in [1.165, 1.54) is 27.6 Å². The van der Waals surface area contributed by atoms with Gasteiger partial charge in [-0.15, -0.1) is 0 Å². The number of hydrogen-bond donors (Lipinski definition) is 0. The molecule has 3 aromatic rings. The Morgan fingerprint density at radius 2 is 2.00 bits per heavy atom. The zero-order chi connectivity index (χ0) is 19.3. The third kappa shape index (κ3) is 2.99. The lowest BCUT2D eigenvalue weighted by molar-refractivity contribution is -0.137. The van der Waals surface area contributed by atoms with Gasteiger partial charge in [0.25, 0.3) is 5.91 Å². The molecule has 0 saturated carbocycles. The number of hydrogen-bond acceptors (Lipinski definition) is 3. The first kappa shape index (κ1) is 17.7. The van der Waals surface area contributed by atoms with E-state index in [2.05, 4.69) is 5.10 Å². The number of nitrogens with zero attached hydrogens (tertiary/aromatic N) is 4. The third-order valence-corrected chi connectivity index (χ3v) is 4.80. The smallest absolute Gasteiger partial charge is 0.285 e. The van der Waals surface area contributed by atoms with Crippen molar-refractivity contribution in [2.45, 2.75) is 12.6 Å². The van der Waals surface area contributed by atoms with Crippen molar-refractivity contribution in [3.8, 4) is 0 Å². The van der Waals surface area contributed by atoms with Crippen LogP contribution in [0.15, 0.2) is 42.6 Å². The maximum Gasteiger partial charge on any atom is 0.418 e. The van der Waals surface area contributed by atoms with Crippen molar-refractivity contribution in [3.63, 3.8) is 0 Å². The first-order valence-corrected chi connectivity index (χ1v) is 8.53. The Hall–Kier alpha value is -2.74. The highest BCUT2D eigenvalue weighted by atomic mass is 35.5. The van der Waals surface area contributed by atoms with Gasteiger partial charge in [0.15, 0.2) is 5.69 Å². The highest BCUT2D eigenvalue weighted by Crippen LogP contribution is 2.40. The number of pyridine rings is 1. The summed E-state index contributed by atoms with van der Waals surface area (Å²) in [5.74, 6) is -0.472. The summed E-state index contributed by atoms with van der Waals surface area (Å²) in [4.78, 5) is 12.9. The maximum absolute atomic E-state index is 13.4. The molecular formula is C18H14ClF3N4O. The van der Waals surface area contributed by atoms with Gasteiger partial charge < -0.3 is 0 Å². The van der Waals surface area contributed by atoms with Crippen molar-refractivity contribution >= 4 is 28.7 Å². The minimum atomic E-state index is -4.51. The zero-order valence-corrected chi connectivity index (χ0v) is 14.9. The molecule has 0 bridgehead atoms. The van der Waals surface area contributed by atoms with Crippen LogP contribution < -0.4 is 5.01 Å². The van der Waals surface area contributed by atoms with E-state index in [0.717, 1.165) is 6.07 Å². The van der Waals surface area contributed by atoms with Crippen LogP contribution in [0.1, 0.15) is 21.6 Å². The van der Waals surface area contributed by atoms with Gasteiger partial charge in [-0.3, -0.25) is 9.80 Å². The number of alkyl halides is 3. The van der Waals surface area contributed by atoms with E-state index in [9.17, 15) is 18.0 Å². The predicted octanol–water partition coefficient (Wildman–Crippen LogP) is 4.06. The molecule has 0 N–H and O–H groups in total. The van der Waals surface area contributed by atoms with Crippen LogP contribution in [0.4, 0.5) is 18.9 Å². The minimum Gasteiger partial charge on any atom is -0.285 e. The molecule has 4 rings (SSSR count). The van der Waals surface area contributed by atoms with E-state index in [1.807, 2.05) is 0 Å².